The second-order valence-corrected chi connectivity index (χ2v) is 14.5. The number of rotatable bonds is 38. The number of hydrogen-bond acceptors (Lipinski definition) is 12. The third-order valence-corrected chi connectivity index (χ3v) is 9.90. The summed E-state index contributed by atoms with van der Waals surface area (Å²) in [5.74, 6) is -2.14. The van der Waals surface area contributed by atoms with Gasteiger partial charge in [0.05, 0.1) is 97.0 Å². The summed E-state index contributed by atoms with van der Waals surface area (Å²) >= 11 is 0. The van der Waals surface area contributed by atoms with E-state index < -0.39 is 29.7 Å². The lowest BCUT2D eigenvalue weighted by Crippen LogP contribution is -2.54. The summed E-state index contributed by atoms with van der Waals surface area (Å²) in [7, 11) is 0. The Bertz CT molecular complexity index is 1270. The molecule has 0 aliphatic carbocycles. The summed E-state index contributed by atoms with van der Waals surface area (Å²) in [6.45, 7) is 9.75. The maximum absolute atomic E-state index is 13.2. The van der Waals surface area contributed by atoms with E-state index in [9.17, 15) is 19.2 Å². The lowest BCUT2D eigenvalue weighted by Gasteiger charge is -2.27. The van der Waals surface area contributed by atoms with Gasteiger partial charge >= 0.3 is 0 Å². The molecule has 2 heterocycles. The molecule has 4 amide bonds. The van der Waals surface area contributed by atoms with Crippen LogP contribution in [0.15, 0.2) is 18.2 Å². The number of piperidine rings is 1. The average Bonchev–Trinajstić information content (AvgIpc) is 3.46. The minimum absolute atomic E-state index is 0.0719. The summed E-state index contributed by atoms with van der Waals surface area (Å²) in [4.78, 5) is 50.9. The van der Waals surface area contributed by atoms with Crippen LogP contribution in [0.5, 0.6) is 0 Å². The predicted octanol–water partition coefficient (Wildman–Crippen LogP) is 6.10. The van der Waals surface area contributed by atoms with E-state index in [0.29, 0.717) is 98.1 Å². The van der Waals surface area contributed by atoms with Crippen molar-refractivity contribution in [2.75, 3.05) is 104 Å². The molecule has 3 rings (SSSR count). The first-order chi connectivity index (χ1) is 28.0. The van der Waals surface area contributed by atoms with Crippen molar-refractivity contribution >= 4 is 29.3 Å². The Balaban J connectivity index is 0.995. The van der Waals surface area contributed by atoms with Gasteiger partial charge in [-0.2, -0.15) is 0 Å². The molecule has 2 aliphatic rings. The van der Waals surface area contributed by atoms with Crippen LogP contribution in [0.4, 0.5) is 5.69 Å². The fraction of sp³-hybridized carbons (Fsp3) is 0.767. The highest BCUT2D eigenvalue weighted by Crippen LogP contribution is 2.32. The molecular weight excluding hydrogens is 734 g/mol. The first-order valence-corrected chi connectivity index (χ1v) is 21.7. The second kappa shape index (κ2) is 31.9. The Kier molecular flexibility index (Phi) is 27.1. The average molecular weight is 806 g/mol. The Morgan fingerprint density at radius 1 is 0.561 bits per heavy atom. The fourth-order valence-electron chi connectivity index (χ4n) is 6.74. The minimum Gasteiger partial charge on any atom is -0.382 e. The van der Waals surface area contributed by atoms with Crippen molar-refractivity contribution in [3.63, 3.8) is 0 Å². The number of fused-ring (bicyclic) bond motifs is 1. The zero-order chi connectivity index (χ0) is 40.6. The largest absolute Gasteiger partial charge is 0.382 e. The zero-order valence-electron chi connectivity index (χ0n) is 34.7. The van der Waals surface area contributed by atoms with Crippen LogP contribution in [-0.2, 0) is 42.7 Å². The number of carbonyl (C=O) groups excluding carboxylic acids is 4. The number of anilines is 1. The van der Waals surface area contributed by atoms with Gasteiger partial charge in [0.2, 0.25) is 11.8 Å². The number of carbonyl (C=O) groups is 4. The number of amides is 4. The van der Waals surface area contributed by atoms with Crippen molar-refractivity contribution in [2.24, 2.45) is 0 Å². The maximum atomic E-state index is 13.2. The lowest BCUT2D eigenvalue weighted by molar-refractivity contribution is -0.136. The molecular formula is C43H71N3O11. The number of imide groups is 2. The fourth-order valence-corrected chi connectivity index (χ4v) is 6.74. The van der Waals surface area contributed by atoms with Gasteiger partial charge in [-0.15, -0.1) is 0 Å². The van der Waals surface area contributed by atoms with Crippen molar-refractivity contribution in [3.8, 4) is 0 Å². The predicted molar refractivity (Wildman–Crippen MR) is 218 cm³/mol. The van der Waals surface area contributed by atoms with E-state index in [0.717, 1.165) is 17.9 Å². The molecule has 0 bridgehead atoms. The molecule has 1 aromatic carbocycles. The van der Waals surface area contributed by atoms with Crippen LogP contribution in [0.3, 0.4) is 0 Å². The molecule has 1 aromatic rings. The Hall–Kier alpha value is -2.98. The summed E-state index contributed by atoms with van der Waals surface area (Å²) < 4.78 is 39.0. The third-order valence-electron chi connectivity index (χ3n) is 9.90. The quantitative estimate of drug-likeness (QED) is 0.0586. The van der Waals surface area contributed by atoms with E-state index in [1.54, 1.807) is 18.2 Å². The van der Waals surface area contributed by atoms with Crippen molar-refractivity contribution < 1.29 is 52.3 Å². The molecule has 14 nitrogen and oxygen atoms in total. The SMILES string of the molecule is CCCCCCCCCCCCCCCCOCCOCCOCCOCCOCCOCCOCCNc1cccc2c1C(=O)N(C1CCC(=O)NC1=O)C2=O. The molecule has 324 valence electrons. The van der Waals surface area contributed by atoms with Gasteiger partial charge in [-0.25, -0.2) is 0 Å². The molecule has 1 saturated heterocycles. The molecule has 1 unspecified atom stereocenters. The molecule has 0 saturated carbocycles. The van der Waals surface area contributed by atoms with E-state index >= 15 is 0 Å². The summed E-state index contributed by atoms with van der Waals surface area (Å²) in [5.41, 5.74) is 0.933. The highest BCUT2D eigenvalue weighted by Gasteiger charge is 2.45. The van der Waals surface area contributed by atoms with Crippen LogP contribution < -0.4 is 10.6 Å². The van der Waals surface area contributed by atoms with Crippen LogP contribution in [0.1, 0.15) is 130 Å². The number of unbranched alkanes of at least 4 members (excludes halogenated alkanes) is 13. The molecule has 14 heteroatoms. The van der Waals surface area contributed by atoms with E-state index in [2.05, 4.69) is 17.6 Å². The van der Waals surface area contributed by atoms with Crippen molar-refractivity contribution in [2.45, 2.75) is 116 Å². The van der Waals surface area contributed by atoms with E-state index in [-0.39, 0.29) is 24.0 Å². The number of benzene rings is 1. The van der Waals surface area contributed by atoms with Crippen molar-refractivity contribution in [3.05, 3.63) is 29.3 Å². The molecule has 2 N–H and O–H groups in total. The van der Waals surface area contributed by atoms with Crippen molar-refractivity contribution in [1.82, 2.24) is 10.2 Å². The number of nitrogens with zero attached hydrogens (tertiary/aromatic N) is 1. The highest BCUT2D eigenvalue weighted by molar-refractivity contribution is 6.25. The van der Waals surface area contributed by atoms with Gasteiger partial charge in [-0.3, -0.25) is 29.4 Å². The monoisotopic (exact) mass is 806 g/mol. The van der Waals surface area contributed by atoms with E-state index in [1.165, 1.54) is 83.5 Å². The van der Waals surface area contributed by atoms with Crippen molar-refractivity contribution in [1.29, 1.82) is 0 Å². The van der Waals surface area contributed by atoms with Gasteiger partial charge in [-0.05, 0) is 25.0 Å². The van der Waals surface area contributed by atoms with Crippen LogP contribution >= 0.6 is 0 Å². The first-order valence-electron chi connectivity index (χ1n) is 21.7. The molecule has 0 aromatic heterocycles. The molecule has 1 fully saturated rings. The van der Waals surface area contributed by atoms with Crippen LogP contribution in [0, 0.1) is 0 Å². The Labute approximate surface area is 340 Å². The number of ether oxygens (including phenoxy) is 7. The van der Waals surface area contributed by atoms with Crippen LogP contribution in [0.2, 0.25) is 0 Å². The lowest BCUT2D eigenvalue weighted by atomic mass is 10.0. The van der Waals surface area contributed by atoms with Gasteiger partial charge in [0, 0.05) is 25.3 Å². The van der Waals surface area contributed by atoms with Crippen LogP contribution in [-0.4, -0.2) is 134 Å². The summed E-state index contributed by atoms with van der Waals surface area (Å²) in [6, 6.07) is 3.94. The molecule has 2 aliphatic heterocycles. The van der Waals surface area contributed by atoms with Gasteiger partial charge in [-0.1, -0.05) is 96.5 Å². The normalized spacial score (nSPS) is 15.5. The standard InChI is InChI=1S/C43H71N3O11/c1-2-3-4-5-6-7-8-9-10-11-12-13-14-15-22-51-24-26-53-28-30-55-32-34-57-35-33-56-31-29-54-27-25-52-23-21-44-37-18-16-17-36-40(37)43(50)46(42(36)49)38-19-20-39(47)45-41(38)48/h16-18,38,44H,2-15,19-35H2,1H3,(H,45,47,48). The van der Waals surface area contributed by atoms with Gasteiger partial charge < -0.3 is 38.5 Å². The smallest absolute Gasteiger partial charge is 0.264 e. The van der Waals surface area contributed by atoms with E-state index in [4.69, 9.17) is 33.2 Å². The van der Waals surface area contributed by atoms with Gasteiger partial charge in [0.1, 0.15) is 6.04 Å². The zero-order valence-corrected chi connectivity index (χ0v) is 34.7. The highest BCUT2D eigenvalue weighted by atomic mass is 16.6. The molecule has 0 radical (unpaired) electrons. The number of nitrogens with one attached hydrogen (secondary N) is 2. The van der Waals surface area contributed by atoms with Crippen LogP contribution in [0.25, 0.3) is 0 Å². The summed E-state index contributed by atoms with van der Waals surface area (Å²) in [6.07, 6.45) is 19.3. The topological polar surface area (TPSA) is 160 Å². The first kappa shape index (κ1) is 48.4. The molecule has 0 spiro atoms. The maximum Gasteiger partial charge on any atom is 0.264 e. The summed E-state index contributed by atoms with van der Waals surface area (Å²) in [5, 5.41) is 5.35. The number of hydrogen-bond donors (Lipinski definition) is 2. The second-order valence-electron chi connectivity index (χ2n) is 14.5. The Morgan fingerprint density at radius 2 is 1.00 bits per heavy atom. The van der Waals surface area contributed by atoms with Gasteiger partial charge in [0.25, 0.3) is 11.8 Å². The van der Waals surface area contributed by atoms with E-state index in [1.807, 2.05) is 0 Å². The minimum atomic E-state index is -1.00. The molecule has 1 atom stereocenters. The molecule has 57 heavy (non-hydrogen) atoms. The Morgan fingerprint density at radius 3 is 1.47 bits per heavy atom. The third kappa shape index (κ3) is 20.5. The van der Waals surface area contributed by atoms with Gasteiger partial charge in [0.15, 0.2) is 0 Å².